The van der Waals surface area contributed by atoms with E-state index in [0.717, 1.165) is 12.1 Å². The van der Waals surface area contributed by atoms with E-state index in [1.165, 1.54) is 24.3 Å². The van der Waals surface area contributed by atoms with Crippen LogP contribution in [-0.2, 0) is 10.4 Å². The van der Waals surface area contributed by atoms with Gasteiger partial charge in [0.05, 0.1) is 0 Å². The number of carbonyl (C=O) groups is 1. The molecular formula is C14H8ClF2NO2. The molecule has 2 aromatic rings. The second-order valence-corrected chi connectivity index (χ2v) is 4.89. The van der Waals surface area contributed by atoms with Crippen molar-refractivity contribution in [1.82, 2.24) is 0 Å². The lowest BCUT2D eigenvalue weighted by molar-refractivity contribution is -0.129. The largest absolute Gasteiger partial charge is 0.372 e. The van der Waals surface area contributed by atoms with Crippen LogP contribution < -0.4 is 5.32 Å². The Kier molecular flexibility index (Phi) is 2.77. The van der Waals surface area contributed by atoms with E-state index >= 15 is 0 Å². The molecule has 1 heterocycles. The fraction of sp³-hybridized carbons (Fsp3) is 0.0714. The zero-order valence-electron chi connectivity index (χ0n) is 9.95. The molecule has 0 radical (unpaired) electrons. The molecule has 6 heteroatoms. The van der Waals surface area contributed by atoms with Gasteiger partial charge in [0, 0.05) is 21.8 Å². The summed E-state index contributed by atoms with van der Waals surface area (Å²) >= 11 is 5.84. The molecule has 20 heavy (non-hydrogen) atoms. The van der Waals surface area contributed by atoms with Crippen molar-refractivity contribution in [3.05, 3.63) is 64.2 Å². The molecular weight excluding hydrogens is 288 g/mol. The third-order valence-electron chi connectivity index (χ3n) is 3.29. The number of amides is 1. The number of aliphatic hydroxyl groups is 1. The highest BCUT2D eigenvalue weighted by atomic mass is 35.5. The Bertz CT molecular complexity index is 735. The Morgan fingerprint density at radius 3 is 2.65 bits per heavy atom. The summed E-state index contributed by atoms with van der Waals surface area (Å²) in [5.41, 5.74) is -2.34. The summed E-state index contributed by atoms with van der Waals surface area (Å²) in [6.07, 6.45) is 0. The Labute approximate surface area is 117 Å². The van der Waals surface area contributed by atoms with Gasteiger partial charge < -0.3 is 10.4 Å². The van der Waals surface area contributed by atoms with Gasteiger partial charge in [0.25, 0.3) is 5.91 Å². The smallest absolute Gasteiger partial charge is 0.265 e. The number of benzene rings is 2. The zero-order valence-corrected chi connectivity index (χ0v) is 10.7. The topological polar surface area (TPSA) is 49.3 Å². The van der Waals surface area contributed by atoms with E-state index in [1.54, 1.807) is 0 Å². The molecule has 1 unspecified atom stereocenters. The van der Waals surface area contributed by atoms with E-state index in [1.807, 2.05) is 0 Å². The molecule has 0 aromatic heterocycles. The first kappa shape index (κ1) is 13.0. The monoisotopic (exact) mass is 295 g/mol. The molecule has 1 aliphatic rings. The second kappa shape index (κ2) is 4.26. The van der Waals surface area contributed by atoms with Gasteiger partial charge in [-0.1, -0.05) is 23.7 Å². The number of hydrogen-bond acceptors (Lipinski definition) is 2. The van der Waals surface area contributed by atoms with E-state index in [2.05, 4.69) is 5.32 Å². The van der Waals surface area contributed by atoms with Crippen molar-refractivity contribution in [2.24, 2.45) is 0 Å². The highest BCUT2D eigenvalue weighted by molar-refractivity contribution is 6.31. The zero-order chi connectivity index (χ0) is 14.5. The van der Waals surface area contributed by atoms with E-state index in [4.69, 9.17) is 11.6 Å². The Balaban J connectivity index is 2.30. The van der Waals surface area contributed by atoms with Gasteiger partial charge in [0.2, 0.25) is 0 Å². The summed E-state index contributed by atoms with van der Waals surface area (Å²) in [6.45, 7) is 0. The molecule has 0 spiro atoms. The number of fused-ring (bicyclic) bond motifs is 1. The fourth-order valence-corrected chi connectivity index (χ4v) is 2.48. The molecule has 3 nitrogen and oxygen atoms in total. The van der Waals surface area contributed by atoms with Crippen LogP contribution in [0.3, 0.4) is 0 Å². The van der Waals surface area contributed by atoms with Crippen LogP contribution in [0.4, 0.5) is 14.5 Å². The first-order valence-corrected chi connectivity index (χ1v) is 6.10. The van der Waals surface area contributed by atoms with Gasteiger partial charge in [-0.3, -0.25) is 4.79 Å². The lowest BCUT2D eigenvalue weighted by atomic mass is 9.87. The molecule has 0 fully saturated rings. The average Bonchev–Trinajstić information content (AvgIpc) is 2.66. The highest BCUT2D eigenvalue weighted by Gasteiger charge is 2.48. The van der Waals surface area contributed by atoms with Crippen LogP contribution in [0, 0.1) is 11.6 Å². The van der Waals surface area contributed by atoms with E-state index in [9.17, 15) is 18.7 Å². The minimum absolute atomic E-state index is 0.0968. The summed E-state index contributed by atoms with van der Waals surface area (Å²) in [7, 11) is 0. The number of rotatable bonds is 1. The summed E-state index contributed by atoms with van der Waals surface area (Å²) in [6, 6.07) is 7.65. The molecule has 0 saturated carbocycles. The highest BCUT2D eigenvalue weighted by Crippen LogP contribution is 2.42. The summed E-state index contributed by atoms with van der Waals surface area (Å²) in [4.78, 5) is 12.0. The van der Waals surface area contributed by atoms with Crippen molar-refractivity contribution >= 4 is 23.2 Å². The number of hydrogen-bond donors (Lipinski definition) is 2. The van der Waals surface area contributed by atoms with Crippen LogP contribution >= 0.6 is 11.6 Å². The number of anilines is 1. The van der Waals surface area contributed by atoms with E-state index in [-0.39, 0.29) is 10.6 Å². The van der Waals surface area contributed by atoms with Crippen LogP contribution in [0.25, 0.3) is 0 Å². The standard InChI is InChI=1S/C14H8ClF2NO2/c15-7-4-5-11-9(6-7)14(20,13(19)18-11)8-2-1-3-10(16)12(8)17/h1-6,20H,(H,18,19). The van der Waals surface area contributed by atoms with Crippen molar-refractivity contribution in [2.75, 3.05) is 5.32 Å². The summed E-state index contributed by atoms with van der Waals surface area (Å²) in [5.74, 6) is -3.25. The van der Waals surface area contributed by atoms with Gasteiger partial charge in [0.15, 0.2) is 17.2 Å². The number of nitrogens with one attached hydrogen (secondary N) is 1. The Morgan fingerprint density at radius 2 is 1.90 bits per heavy atom. The molecule has 102 valence electrons. The molecule has 2 aromatic carbocycles. The Hall–Kier alpha value is -1.98. The van der Waals surface area contributed by atoms with Crippen molar-refractivity contribution in [2.45, 2.75) is 5.60 Å². The van der Waals surface area contributed by atoms with Crippen molar-refractivity contribution in [1.29, 1.82) is 0 Å². The quantitative estimate of drug-likeness (QED) is 0.850. The van der Waals surface area contributed by atoms with Gasteiger partial charge in [-0.15, -0.1) is 0 Å². The summed E-state index contributed by atoms with van der Waals surface area (Å²) < 4.78 is 27.3. The maximum absolute atomic E-state index is 13.9. The number of carbonyl (C=O) groups excluding carboxylic acids is 1. The predicted molar refractivity (Wildman–Crippen MR) is 69.4 cm³/mol. The van der Waals surface area contributed by atoms with Gasteiger partial charge in [-0.05, 0) is 24.3 Å². The SMILES string of the molecule is O=C1Nc2ccc(Cl)cc2C1(O)c1cccc(F)c1F. The van der Waals surface area contributed by atoms with Gasteiger partial charge >= 0.3 is 0 Å². The molecule has 1 aliphatic heterocycles. The molecule has 3 rings (SSSR count). The van der Waals surface area contributed by atoms with Crippen molar-refractivity contribution < 1.29 is 18.7 Å². The molecule has 1 atom stereocenters. The Morgan fingerprint density at radius 1 is 1.15 bits per heavy atom. The van der Waals surface area contributed by atoms with Gasteiger partial charge in [-0.2, -0.15) is 0 Å². The third kappa shape index (κ3) is 1.63. The molecule has 0 aliphatic carbocycles. The van der Waals surface area contributed by atoms with Gasteiger partial charge in [-0.25, -0.2) is 8.78 Å². The van der Waals surface area contributed by atoms with Crippen molar-refractivity contribution in [3.8, 4) is 0 Å². The molecule has 2 N–H and O–H groups in total. The fourth-order valence-electron chi connectivity index (χ4n) is 2.31. The van der Waals surface area contributed by atoms with Crippen LogP contribution in [0.2, 0.25) is 5.02 Å². The predicted octanol–water partition coefficient (Wildman–Crippen LogP) is 2.81. The lowest BCUT2D eigenvalue weighted by Gasteiger charge is -2.22. The minimum atomic E-state index is -2.30. The van der Waals surface area contributed by atoms with E-state index in [0.29, 0.717) is 5.69 Å². The van der Waals surface area contributed by atoms with Crippen LogP contribution in [-0.4, -0.2) is 11.0 Å². The van der Waals surface area contributed by atoms with Crippen LogP contribution in [0.5, 0.6) is 0 Å². The molecule has 0 bridgehead atoms. The third-order valence-corrected chi connectivity index (χ3v) is 3.52. The van der Waals surface area contributed by atoms with Crippen LogP contribution in [0.15, 0.2) is 36.4 Å². The average molecular weight is 296 g/mol. The maximum Gasteiger partial charge on any atom is 0.265 e. The summed E-state index contributed by atoms with van der Waals surface area (Å²) in [5, 5.41) is 13.3. The van der Waals surface area contributed by atoms with Gasteiger partial charge in [0.1, 0.15) is 0 Å². The minimum Gasteiger partial charge on any atom is -0.372 e. The molecule has 1 amide bonds. The molecule has 0 saturated heterocycles. The van der Waals surface area contributed by atoms with Crippen molar-refractivity contribution in [3.63, 3.8) is 0 Å². The van der Waals surface area contributed by atoms with Crippen LogP contribution in [0.1, 0.15) is 11.1 Å². The normalized spacial score (nSPS) is 20.7. The second-order valence-electron chi connectivity index (χ2n) is 4.46. The maximum atomic E-state index is 13.9. The lowest BCUT2D eigenvalue weighted by Crippen LogP contribution is -2.36. The first-order chi connectivity index (χ1) is 9.44. The first-order valence-electron chi connectivity index (χ1n) is 5.73. The van der Waals surface area contributed by atoms with E-state index < -0.39 is 28.7 Å². The number of halogens is 3.